The molecule has 0 aliphatic rings. The molecule has 0 saturated heterocycles. The fourth-order valence-corrected chi connectivity index (χ4v) is 2.91. The number of amides is 1. The first-order chi connectivity index (χ1) is 12.1. The van der Waals surface area contributed by atoms with Gasteiger partial charge in [0.05, 0.1) is 12.6 Å². The Hall–Kier alpha value is -2.60. The molecule has 3 N–H and O–H groups in total. The summed E-state index contributed by atoms with van der Waals surface area (Å²) in [4.78, 5) is 15.3. The number of aromatic amines is 1. The van der Waals surface area contributed by atoms with Crippen molar-refractivity contribution in [2.45, 2.75) is 32.4 Å². The Kier molecular flexibility index (Phi) is 5.50. The summed E-state index contributed by atoms with van der Waals surface area (Å²) in [7, 11) is 0. The second kappa shape index (κ2) is 7.98. The molecule has 1 aromatic carbocycles. The first kappa shape index (κ1) is 17.2. The van der Waals surface area contributed by atoms with Gasteiger partial charge in [-0.3, -0.25) is 9.48 Å². The molecule has 0 unspecified atom stereocenters. The van der Waals surface area contributed by atoms with Crippen LogP contribution in [0.2, 0.25) is 0 Å². The second-order valence-corrected chi connectivity index (χ2v) is 6.36. The summed E-state index contributed by atoms with van der Waals surface area (Å²) in [5, 5.41) is 11.7. The van der Waals surface area contributed by atoms with E-state index in [1.165, 1.54) is 10.9 Å². The standard InChI is InChI=1S/C19H25N5O/c1-14(15(2)24-11-5-9-23-24)21-13-19(25)20-10-8-16-12-22-18-7-4-3-6-17(16)18/h3-7,9,11-12,14-15,21-22H,8,10,13H2,1-2H3,(H,20,25)/t14-,15-/m1/s1. The predicted molar refractivity (Wildman–Crippen MR) is 99.4 cm³/mol. The summed E-state index contributed by atoms with van der Waals surface area (Å²) >= 11 is 0. The predicted octanol–water partition coefficient (Wildman–Crippen LogP) is 2.26. The third-order valence-electron chi connectivity index (χ3n) is 4.64. The van der Waals surface area contributed by atoms with Crippen molar-refractivity contribution in [3.05, 3.63) is 54.5 Å². The average Bonchev–Trinajstić information content (AvgIpc) is 3.29. The molecule has 0 aliphatic heterocycles. The molecule has 2 aromatic heterocycles. The van der Waals surface area contributed by atoms with Crippen LogP contribution < -0.4 is 10.6 Å². The molecule has 0 spiro atoms. The normalized spacial score (nSPS) is 13.7. The van der Waals surface area contributed by atoms with E-state index in [0.717, 1.165) is 11.9 Å². The lowest BCUT2D eigenvalue weighted by Gasteiger charge is -2.21. The maximum atomic E-state index is 12.0. The largest absolute Gasteiger partial charge is 0.361 e. The molecule has 2 atom stereocenters. The molecule has 3 aromatic rings. The minimum atomic E-state index is 0.0133. The van der Waals surface area contributed by atoms with Crippen LogP contribution >= 0.6 is 0 Å². The molecule has 2 heterocycles. The van der Waals surface area contributed by atoms with Crippen molar-refractivity contribution < 1.29 is 4.79 Å². The lowest BCUT2D eigenvalue weighted by atomic mass is 10.1. The third-order valence-corrected chi connectivity index (χ3v) is 4.64. The molecular formula is C19H25N5O. The van der Waals surface area contributed by atoms with E-state index in [1.807, 2.05) is 35.3 Å². The van der Waals surface area contributed by atoms with E-state index in [9.17, 15) is 4.79 Å². The molecule has 6 heteroatoms. The van der Waals surface area contributed by atoms with Crippen LogP contribution in [0.4, 0.5) is 0 Å². The highest BCUT2D eigenvalue weighted by Gasteiger charge is 2.14. The second-order valence-electron chi connectivity index (χ2n) is 6.36. The highest BCUT2D eigenvalue weighted by Crippen LogP contribution is 2.17. The molecule has 1 amide bonds. The molecule has 0 fully saturated rings. The highest BCUT2D eigenvalue weighted by molar-refractivity contribution is 5.83. The number of hydrogen-bond donors (Lipinski definition) is 3. The van der Waals surface area contributed by atoms with Crippen LogP contribution in [0.15, 0.2) is 48.9 Å². The van der Waals surface area contributed by atoms with E-state index in [1.54, 1.807) is 6.20 Å². The Balaban J connectivity index is 1.41. The first-order valence-electron chi connectivity index (χ1n) is 8.69. The van der Waals surface area contributed by atoms with Crippen molar-refractivity contribution in [1.82, 2.24) is 25.4 Å². The number of carbonyl (C=O) groups excluding carboxylic acids is 1. The monoisotopic (exact) mass is 339 g/mol. The number of para-hydroxylation sites is 1. The lowest BCUT2D eigenvalue weighted by molar-refractivity contribution is -0.120. The number of aromatic nitrogens is 3. The molecule has 0 saturated carbocycles. The summed E-state index contributed by atoms with van der Waals surface area (Å²) in [6.45, 7) is 5.08. The van der Waals surface area contributed by atoms with Gasteiger partial charge >= 0.3 is 0 Å². The fourth-order valence-electron chi connectivity index (χ4n) is 2.91. The number of rotatable bonds is 8. The van der Waals surface area contributed by atoms with Crippen molar-refractivity contribution in [1.29, 1.82) is 0 Å². The van der Waals surface area contributed by atoms with E-state index in [4.69, 9.17) is 0 Å². The van der Waals surface area contributed by atoms with Gasteiger partial charge in [0.2, 0.25) is 5.91 Å². The van der Waals surface area contributed by atoms with E-state index >= 15 is 0 Å². The van der Waals surface area contributed by atoms with Gasteiger partial charge in [-0.15, -0.1) is 0 Å². The molecule has 0 bridgehead atoms. The Morgan fingerprint density at radius 3 is 2.92 bits per heavy atom. The van der Waals surface area contributed by atoms with Gasteiger partial charge in [-0.25, -0.2) is 0 Å². The van der Waals surface area contributed by atoms with Gasteiger partial charge in [0, 0.05) is 42.1 Å². The lowest BCUT2D eigenvalue weighted by Crippen LogP contribution is -2.41. The van der Waals surface area contributed by atoms with Crippen LogP contribution in [0.25, 0.3) is 10.9 Å². The average molecular weight is 339 g/mol. The Bertz CT molecular complexity index is 808. The van der Waals surface area contributed by atoms with Crippen molar-refractivity contribution in [2.24, 2.45) is 0 Å². The first-order valence-corrected chi connectivity index (χ1v) is 8.69. The minimum absolute atomic E-state index is 0.0133. The molecular weight excluding hydrogens is 314 g/mol. The maximum absolute atomic E-state index is 12.0. The fraction of sp³-hybridized carbons (Fsp3) is 0.368. The van der Waals surface area contributed by atoms with Crippen LogP contribution in [0.1, 0.15) is 25.5 Å². The number of benzene rings is 1. The van der Waals surface area contributed by atoms with Crippen LogP contribution in [-0.4, -0.2) is 39.8 Å². The minimum Gasteiger partial charge on any atom is -0.361 e. The number of fused-ring (bicyclic) bond motifs is 1. The molecule has 3 rings (SSSR count). The van der Waals surface area contributed by atoms with Crippen molar-refractivity contribution in [3.63, 3.8) is 0 Å². The van der Waals surface area contributed by atoms with Gasteiger partial charge in [0.1, 0.15) is 0 Å². The molecule has 6 nitrogen and oxygen atoms in total. The number of hydrogen-bond acceptors (Lipinski definition) is 3. The van der Waals surface area contributed by atoms with Gasteiger partial charge in [0.25, 0.3) is 0 Å². The zero-order valence-corrected chi connectivity index (χ0v) is 14.7. The summed E-state index contributed by atoms with van der Waals surface area (Å²) in [6, 6.07) is 10.5. The topological polar surface area (TPSA) is 74.7 Å². The van der Waals surface area contributed by atoms with Crippen LogP contribution in [0, 0.1) is 0 Å². The quantitative estimate of drug-likeness (QED) is 0.589. The number of H-pyrrole nitrogens is 1. The molecule has 25 heavy (non-hydrogen) atoms. The zero-order chi connectivity index (χ0) is 17.6. The third kappa shape index (κ3) is 4.28. The summed E-state index contributed by atoms with van der Waals surface area (Å²) < 4.78 is 1.90. The summed E-state index contributed by atoms with van der Waals surface area (Å²) in [5.74, 6) is 0.0133. The van der Waals surface area contributed by atoms with E-state index in [0.29, 0.717) is 13.1 Å². The van der Waals surface area contributed by atoms with Crippen molar-refractivity contribution >= 4 is 16.8 Å². The Labute approximate surface area is 147 Å². The SMILES string of the molecule is C[C@H]([C@@H](C)NCC(=O)NCCc1c[nH]c2ccccc12)n1cccn1. The number of carbonyl (C=O) groups is 1. The zero-order valence-electron chi connectivity index (χ0n) is 14.7. The van der Waals surface area contributed by atoms with Crippen molar-refractivity contribution in [2.75, 3.05) is 13.1 Å². The van der Waals surface area contributed by atoms with Crippen LogP contribution in [-0.2, 0) is 11.2 Å². The number of nitrogens with zero attached hydrogens (tertiary/aromatic N) is 2. The Morgan fingerprint density at radius 1 is 1.28 bits per heavy atom. The van der Waals surface area contributed by atoms with E-state index in [-0.39, 0.29) is 18.0 Å². The molecule has 132 valence electrons. The van der Waals surface area contributed by atoms with Gasteiger partial charge < -0.3 is 15.6 Å². The van der Waals surface area contributed by atoms with Crippen LogP contribution in [0.3, 0.4) is 0 Å². The van der Waals surface area contributed by atoms with E-state index in [2.05, 4.69) is 46.7 Å². The Morgan fingerprint density at radius 2 is 2.12 bits per heavy atom. The molecule has 0 aliphatic carbocycles. The van der Waals surface area contributed by atoms with Crippen LogP contribution in [0.5, 0.6) is 0 Å². The van der Waals surface area contributed by atoms with Gasteiger partial charge in [-0.2, -0.15) is 5.10 Å². The highest BCUT2D eigenvalue weighted by atomic mass is 16.1. The van der Waals surface area contributed by atoms with Gasteiger partial charge in [-0.05, 0) is 38.0 Å². The maximum Gasteiger partial charge on any atom is 0.233 e. The summed E-state index contributed by atoms with van der Waals surface area (Å²) in [5.41, 5.74) is 2.36. The summed E-state index contributed by atoms with van der Waals surface area (Å²) in [6.07, 6.45) is 6.53. The smallest absolute Gasteiger partial charge is 0.233 e. The molecule has 0 radical (unpaired) electrons. The number of nitrogens with one attached hydrogen (secondary N) is 3. The van der Waals surface area contributed by atoms with Gasteiger partial charge in [0.15, 0.2) is 0 Å². The van der Waals surface area contributed by atoms with E-state index < -0.39 is 0 Å². The van der Waals surface area contributed by atoms with Gasteiger partial charge in [-0.1, -0.05) is 18.2 Å². The van der Waals surface area contributed by atoms with Crippen molar-refractivity contribution in [3.8, 4) is 0 Å².